The molecule has 2 aromatic carbocycles. The Morgan fingerprint density at radius 1 is 1.02 bits per heavy atom. The smallest absolute Gasteiger partial charge is 0.309 e. The van der Waals surface area contributed by atoms with Crippen molar-refractivity contribution >= 4 is 5.97 Å². The van der Waals surface area contributed by atoms with Crippen LogP contribution in [0.4, 0.5) is 4.39 Å². The number of rotatable bonds is 6. The zero-order valence-electron chi connectivity index (χ0n) is 24.2. The summed E-state index contributed by atoms with van der Waals surface area (Å²) in [4.78, 5) is 16.7. The molecule has 6 rings (SSSR count). The van der Waals surface area contributed by atoms with Gasteiger partial charge in [-0.05, 0) is 109 Å². The lowest BCUT2D eigenvalue weighted by Gasteiger charge is -2.51. The van der Waals surface area contributed by atoms with Crippen LogP contribution < -0.4 is 4.74 Å². The summed E-state index contributed by atoms with van der Waals surface area (Å²) in [6.45, 7) is 7.00. The van der Waals surface area contributed by atoms with Gasteiger partial charge in [0.05, 0.1) is 19.2 Å². The summed E-state index contributed by atoms with van der Waals surface area (Å²) >= 11 is 0. The Morgan fingerprint density at radius 2 is 1.88 bits per heavy atom. The van der Waals surface area contributed by atoms with Crippen LogP contribution in [0.15, 0.2) is 48.7 Å². The van der Waals surface area contributed by atoms with Crippen molar-refractivity contribution in [3.63, 3.8) is 0 Å². The second-order valence-electron chi connectivity index (χ2n) is 12.9. The predicted molar refractivity (Wildman–Crippen MR) is 155 cm³/mol. The van der Waals surface area contributed by atoms with E-state index in [2.05, 4.69) is 55.2 Å². The average molecular weight is 542 g/mol. The van der Waals surface area contributed by atoms with E-state index < -0.39 is 0 Å². The summed E-state index contributed by atoms with van der Waals surface area (Å²) in [5.74, 6) is 0.754. The van der Waals surface area contributed by atoms with Crippen LogP contribution in [-0.2, 0) is 28.0 Å². The van der Waals surface area contributed by atoms with Crippen LogP contribution in [0.1, 0.15) is 92.7 Å². The molecule has 3 atom stereocenters. The maximum absolute atomic E-state index is 15.0. The van der Waals surface area contributed by atoms with Crippen molar-refractivity contribution in [2.75, 3.05) is 7.11 Å². The summed E-state index contributed by atoms with van der Waals surface area (Å²) in [6.07, 6.45) is 9.86. The summed E-state index contributed by atoms with van der Waals surface area (Å²) in [5.41, 5.74) is 7.31. The maximum Gasteiger partial charge on any atom is 0.309 e. The Balaban J connectivity index is 1.30. The summed E-state index contributed by atoms with van der Waals surface area (Å²) in [7, 11) is 1.49. The average Bonchev–Trinajstić information content (AvgIpc) is 3.30. The van der Waals surface area contributed by atoms with Crippen LogP contribution in [0.2, 0.25) is 0 Å². The van der Waals surface area contributed by atoms with E-state index in [1.165, 1.54) is 42.8 Å². The van der Waals surface area contributed by atoms with Gasteiger partial charge >= 0.3 is 5.97 Å². The first-order valence-electron chi connectivity index (χ1n) is 14.8. The fourth-order valence-electron chi connectivity index (χ4n) is 7.86. The van der Waals surface area contributed by atoms with Crippen LogP contribution >= 0.6 is 0 Å². The summed E-state index contributed by atoms with van der Waals surface area (Å²) < 4.78 is 26.6. The molecule has 0 saturated heterocycles. The van der Waals surface area contributed by atoms with E-state index in [4.69, 9.17) is 9.47 Å². The lowest BCUT2D eigenvalue weighted by atomic mass is 9.52. The highest BCUT2D eigenvalue weighted by atomic mass is 19.1. The van der Waals surface area contributed by atoms with E-state index in [1.807, 2.05) is 13.0 Å². The standard InChI is InChI=1S/C35H40FNO3/c1-22-17-28(32(36)20-37-22)26-12-9-23(18-27(26)29-8-6-14-34(29,2)3)21-40-25-11-10-24-7-5-15-35(31(24)19-25)16-13-30(35)33(38)39-4/h9-12,17-20,29-30H,5-8,13-16,21H2,1-4H3/t29-,30-,35-/m0/s1. The number of carbonyl (C=O) groups is 1. The molecule has 3 aliphatic rings. The number of carbonyl (C=O) groups excluding carboxylic acids is 1. The molecule has 2 saturated carbocycles. The van der Waals surface area contributed by atoms with Gasteiger partial charge in [0.2, 0.25) is 0 Å². The van der Waals surface area contributed by atoms with E-state index in [9.17, 15) is 4.79 Å². The minimum Gasteiger partial charge on any atom is -0.489 e. The Bertz CT molecular complexity index is 1450. The van der Waals surface area contributed by atoms with Gasteiger partial charge in [-0.15, -0.1) is 0 Å². The third-order valence-electron chi connectivity index (χ3n) is 10.2. The minimum absolute atomic E-state index is 0.0612. The molecule has 0 N–H and O–H groups in total. The molecule has 5 heteroatoms. The molecule has 0 unspecified atom stereocenters. The third kappa shape index (κ3) is 4.61. The van der Waals surface area contributed by atoms with Gasteiger partial charge < -0.3 is 9.47 Å². The first kappa shape index (κ1) is 27.0. The number of methoxy groups -OCH3 is 1. The largest absolute Gasteiger partial charge is 0.489 e. The molecule has 0 amide bonds. The minimum atomic E-state index is -0.282. The molecule has 0 bridgehead atoms. The number of hydrogen-bond donors (Lipinski definition) is 0. The molecule has 1 spiro atoms. The Morgan fingerprint density at radius 3 is 2.60 bits per heavy atom. The Kier molecular flexibility index (Phi) is 6.96. The van der Waals surface area contributed by atoms with Crippen molar-refractivity contribution in [1.29, 1.82) is 0 Å². The summed E-state index contributed by atoms with van der Waals surface area (Å²) in [6, 6.07) is 14.6. The number of hydrogen-bond acceptors (Lipinski definition) is 4. The second-order valence-corrected chi connectivity index (χ2v) is 12.9. The molecular formula is C35H40FNO3. The van der Waals surface area contributed by atoms with E-state index in [0.717, 1.165) is 61.1 Å². The predicted octanol–water partition coefficient (Wildman–Crippen LogP) is 8.23. The number of nitrogens with zero attached hydrogens (tertiary/aromatic N) is 1. The van der Waals surface area contributed by atoms with Gasteiger partial charge in [0.25, 0.3) is 0 Å². The highest BCUT2D eigenvalue weighted by Gasteiger charge is 2.53. The molecule has 4 nitrogen and oxygen atoms in total. The first-order chi connectivity index (χ1) is 19.2. The van der Waals surface area contributed by atoms with Crippen molar-refractivity contribution in [2.45, 2.75) is 90.1 Å². The fourth-order valence-corrected chi connectivity index (χ4v) is 7.86. The van der Waals surface area contributed by atoms with Crippen LogP contribution in [0.5, 0.6) is 5.75 Å². The van der Waals surface area contributed by atoms with Crippen LogP contribution in [0.3, 0.4) is 0 Å². The fraction of sp³-hybridized carbons (Fsp3) is 0.486. The van der Waals surface area contributed by atoms with Gasteiger partial charge in [-0.25, -0.2) is 4.39 Å². The summed E-state index contributed by atoms with van der Waals surface area (Å²) in [5, 5.41) is 0. The highest BCUT2D eigenvalue weighted by Crippen LogP contribution is 2.56. The number of pyridine rings is 1. The first-order valence-corrected chi connectivity index (χ1v) is 14.8. The van der Waals surface area contributed by atoms with Crippen molar-refractivity contribution in [3.05, 3.63) is 82.4 Å². The van der Waals surface area contributed by atoms with Gasteiger partial charge in [0, 0.05) is 16.7 Å². The number of fused-ring (bicyclic) bond motifs is 2. The van der Waals surface area contributed by atoms with Gasteiger partial charge in [-0.2, -0.15) is 0 Å². The van der Waals surface area contributed by atoms with E-state index in [0.29, 0.717) is 18.1 Å². The second kappa shape index (κ2) is 10.3. The Hall–Kier alpha value is -3.21. The number of esters is 1. The zero-order valence-corrected chi connectivity index (χ0v) is 24.2. The molecule has 1 aromatic heterocycles. The van der Waals surface area contributed by atoms with E-state index in [-0.39, 0.29) is 28.5 Å². The number of aromatic nitrogens is 1. The molecule has 1 heterocycles. The van der Waals surface area contributed by atoms with Gasteiger partial charge in [-0.3, -0.25) is 9.78 Å². The van der Waals surface area contributed by atoms with E-state index >= 15 is 4.39 Å². The maximum atomic E-state index is 15.0. The Labute approximate surface area is 237 Å². The quantitative estimate of drug-likeness (QED) is 0.295. The molecule has 40 heavy (non-hydrogen) atoms. The number of benzene rings is 2. The van der Waals surface area contributed by atoms with Crippen molar-refractivity contribution in [1.82, 2.24) is 4.98 Å². The van der Waals surface area contributed by atoms with Crippen LogP contribution in [-0.4, -0.2) is 18.1 Å². The lowest BCUT2D eigenvalue weighted by molar-refractivity contribution is -0.153. The van der Waals surface area contributed by atoms with E-state index in [1.54, 1.807) is 0 Å². The molecule has 3 aliphatic carbocycles. The number of aryl methyl sites for hydroxylation is 2. The third-order valence-corrected chi connectivity index (χ3v) is 10.2. The highest BCUT2D eigenvalue weighted by molar-refractivity contribution is 5.76. The van der Waals surface area contributed by atoms with Crippen molar-refractivity contribution in [2.24, 2.45) is 11.3 Å². The molecule has 0 radical (unpaired) electrons. The lowest BCUT2D eigenvalue weighted by Crippen LogP contribution is -2.50. The van der Waals surface area contributed by atoms with Crippen LogP contribution in [0.25, 0.3) is 11.1 Å². The molecule has 210 valence electrons. The number of halogens is 1. The molecule has 3 aromatic rings. The monoisotopic (exact) mass is 541 g/mol. The topological polar surface area (TPSA) is 48.4 Å². The van der Waals surface area contributed by atoms with Crippen molar-refractivity contribution in [3.8, 4) is 16.9 Å². The number of ether oxygens (including phenoxy) is 2. The normalized spacial score (nSPS) is 24.8. The van der Waals surface area contributed by atoms with Crippen molar-refractivity contribution < 1.29 is 18.7 Å². The van der Waals surface area contributed by atoms with Gasteiger partial charge in [0.1, 0.15) is 18.2 Å². The molecule has 2 fully saturated rings. The SMILES string of the molecule is COC(=O)[C@@H]1CC[C@@]12CCCc1ccc(OCc3ccc(-c4cc(C)ncc4F)c([C@@H]4CCCC4(C)C)c3)cc12. The van der Waals surface area contributed by atoms with Gasteiger partial charge in [-0.1, -0.05) is 44.5 Å². The molecular weight excluding hydrogens is 501 g/mol. The molecule has 0 aliphatic heterocycles. The zero-order chi connectivity index (χ0) is 28.1. The van der Waals surface area contributed by atoms with Gasteiger partial charge in [0.15, 0.2) is 0 Å². The van der Waals surface area contributed by atoms with Crippen LogP contribution in [0, 0.1) is 24.1 Å².